The summed E-state index contributed by atoms with van der Waals surface area (Å²) in [5.74, 6) is -2.67. The number of anilines is 1. The zero-order chi connectivity index (χ0) is 23.0. The molecule has 11 nitrogen and oxygen atoms in total. The average Bonchev–Trinajstić information content (AvgIpc) is 3.10. The molecule has 0 bridgehead atoms. The van der Waals surface area contributed by atoms with E-state index in [1.807, 2.05) is 0 Å². The van der Waals surface area contributed by atoms with Crippen molar-refractivity contribution < 1.29 is 19.5 Å². The van der Waals surface area contributed by atoms with Crippen LogP contribution >= 0.6 is 34.7 Å². The number of nitroso groups, excluding NO2 is 1. The molecule has 2 amide bonds. The number of thioether (sulfide) groups is 1. The molecule has 166 valence electrons. The van der Waals surface area contributed by atoms with Crippen molar-refractivity contribution in [1.82, 2.24) is 20.2 Å². The lowest BCUT2D eigenvalue weighted by Crippen LogP contribution is -2.71. The molecule has 1 saturated heterocycles. The third-order valence-electron chi connectivity index (χ3n) is 5.02. The van der Waals surface area contributed by atoms with Crippen LogP contribution in [0, 0.1) is 4.91 Å². The fourth-order valence-electron chi connectivity index (χ4n) is 3.63. The number of hydrogen-bond acceptors (Lipinski definition) is 10. The van der Waals surface area contributed by atoms with Gasteiger partial charge in [0.2, 0.25) is 6.04 Å². The van der Waals surface area contributed by atoms with Crippen molar-refractivity contribution in [3.8, 4) is 0 Å². The van der Waals surface area contributed by atoms with Crippen molar-refractivity contribution >= 4 is 57.6 Å². The monoisotopic (exact) mass is 494 g/mol. The Hall–Kier alpha value is -3.03. The van der Waals surface area contributed by atoms with Gasteiger partial charge in [-0.3, -0.25) is 19.5 Å². The molecule has 0 spiro atoms. The number of carbonyl (C=O) groups excluding carboxylic acids is 2. The summed E-state index contributed by atoms with van der Waals surface area (Å²) in [5, 5.41) is 15.1. The summed E-state index contributed by atoms with van der Waals surface area (Å²) < 4.78 is 0.0513. The van der Waals surface area contributed by atoms with Gasteiger partial charge in [-0.1, -0.05) is 34.7 Å². The van der Waals surface area contributed by atoms with Crippen molar-refractivity contribution in [2.45, 2.75) is 35.9 Å². The summed E-state index contributed by atoms with van der Waals surface area (Å²) >= 11 is 8.11. The number of carbonyl (C=O) groups is 3. The zero-order valence-corrected chi connectivity index (χ0v) is 18.5. The number of fused-ring (bicyclic) bond motifs is 1. The first-order chi connectivity index (χ1) is 15.3. The number of allylic oxidation sites excluding steroid dienone is 1. The van der Waals surface area contributed by atoms with Crippen LogP contribution in [0.15, 0.2) is 45.2 Å². The van der Waals surface area contributed by atoms with E-state index < -0.39 is 35.9 Å². The first-order valence-corrected chi connectivity index (χ1v) is 11.2. The lowest BCUT2D eigenvalue weighted by Gasteiger charge is -2.50. The van der Waals surface area contributed by atoms with E-state index in [0.29, 0.717) is 17.7 Å². The molecule has 14 heteroatoms. The Bertz CT molecular complexity index is 1140. The predicted octanol–water partition coefficient (Wildman–Crippen LogP) is 2.16. The van der Waals surface area contributed by atoms with Gasteiger partial charge in [0, 0.05) is 22.2 Å². The Morgan fingerprint density at radius 2 is 2.12 bits per heavy atom. The average molecular weight is 495 g/mol. The number of nitrogens with zero attached hydrogens (tertiary/aromatic N) is 4. The minimum Gasteiger partial charge on any atom is -0.477 e. The number of carboxylic acid groups (broad SMARTS) is 1. The number of nitrogens with two attached hydrogens (primary N) is 1. The molecule has 4 rings (SSSR count). The molecule has 2 aromatic rings. The number of amides is 2. The van der Waals surface area contributed by atoms with Crippen molar-refractivity contribution in [2.75, 3.05) is 5.73 Å². The second kappa shape index (κ2) is 8.84. The summed E-state index contributed by atoms with van der Waals surface area (Å²) in [5.41, 5.74) is 5.35. The van der Waals surface area contributed by atoms with Gasteiger partial charge in [-0.2, -0.15) is 0 Å². The van der Waals surface area contributed by atoms with E-state index in [9.17, 15) is 24.4 Å². The van der Waals surface area contributed by atoms with Gasteiger partial charge in [0.1, 0.15) is 21.8 Å². The molecule has 2 aliphatic heterocycles. The van der Waals surface area contributed by atoms with E-state index in [0.717, 1.165) is 16.2 Å². The standard InChI is InChI=1S/C18H15ClN6O5S2/c19-14-11(23-18(20)32-14)12(24-30)15(26)22-10-8-1-2-9(31-7-3-5-21-6-4-7)13(17(28)29)25(8)16(10)27/h3-6,8,10,12H,1-2H2,(H2,20,23)(H,22,26)(H,28,29)/t8?,10-,12?/m0/s1. The summed E-state index contributed by atoms with van der Waals surface area (Å²) in [6.07, 6.45) is 4.02. The van der Waals surface area contributed by atoms with Crippen LogP contribution in [0.2, 0.25) is 4.34 Å². The number of carboxylic acids is 1. The molecule has 0 aliphatic carbocycles. The van der Waals surface area contributed by atoms with E-state index in [-0.39, 0.29) is 20.9 Å². The third-order valence-corrected chi connectivity index (χ3v) is 7.29. The highest BCUT2D eigenvalue weighted by molar-refractivity contribution is 8.03. The fraction of sp³-hybridized carbons (Fsp3) is 0.278. The summed E-state index contributed by atoms with van der Waals surface area (Å²) in [4.78, 5) is 59.0. The summed E-state index contributed by atoms with van der Waals surface area (Å²) in [6, 6.07) is 0.375. The van der Waals surface area contributed by atoms with E-state index in [2.05, 4.69) is 20.5 Å². The Morgan fingerprint density at radius 3 is 2.72 bits per heavy atom. The van der Waals surface area contributed by atoms with E-state index in [1.165, 1.54) is 16.7 Å². The predicted molar refractivity (Wildman–Crippen MR) is 117 cm³/mol. The van der Waals surface area contributed by atoms with Gasteiger partial charge in [-0.15, -0.1) is 4.91 Å². The number of thiazole rings is 1. The quantitative estimate of drug-likeness (QED) is 0.385. The molecule has 2 aliphatic rings. The number of nitrogen functional groups attached to an aromatic ring is 1. The SMILES string of the molecule is Nc1nc(C(N=O)C(=O)N[C@@H]2C(=O)N3C(C(=O)O)=C(Sc4ccncc4)CCC23)c(Cl)s1. The van der Waals surface area contributed by atoms with Crippen molar-refractivity contribution in [1.29, 1.82) is 0 Å². The highest BCUT2D eigenvalue weighted by Crippen LogP contribution is 2.43. The number of hydrogen-bond donors (Lipinski definition) is 3. The number of aromatic nitrogens is 2. The Balaban J connectivity index is 1.52. The smallest absolute Gasteiger partial charge is 0.353 e. The highest BCUT2D eigenvalue weighted by Gasteiger charge is 2.54. The van der Waals surface area contributed by atoms with Gasteiger partial charge in [0.25, 0.3) is 11.8 Å². The fourth-order valence-corrected chi connectivity index (χ4v) is 5.65. The van der Waals surface area contributed by atoms with Crippen LogP contribution in [0.5, 0.6) is 0 Å². The molecule has 0 aromatic carbocycles. The molecular weight excluding hydrogens is 480 g/mol. The van der Waals surface area contributed by atoms with Crippen LogP contribution in [0.1, 0.15) is 24.6 Å². The highest BCUT2D eigenvalue weighted by atomic mass is 35.5. The van der Waals surface area contributed by atoms with Gasteiger partial charge in [0.05, 0.1) is 6.04 Å². The van der Waals surface area contributed by atoms with Gasteiger partial charge in [0.15, 0.2) is 5.13 Å². The number of aliphatic carboxylic acids is 1. The van der Waals surface area contributed by atoms with Crippen LogP contribution in [-0.2, 0) is 14.4 Å². The summed E-state index contributed by atoms with van der Waals surface area (Å²) in [6.45, 7) is 0. The number of halogens is 1. The second-order valence-corrected chi connectivity index (χ2v) is 9.68. The molecule has 4 heterocycles. The van der Waals surface area contributed by atoms with Gasteiger partial charge < -0.3 is 16.2 Å². The minimum absolute atomic E-state index is 0.0513. The van der Waals surface area contributed by atoms with Crippen LogP contribution in [0.4, 0.5) is 5.13 Å². The molecule has 2 aromatic heterocycles. The van der Waals surface area contributed by atoms with E-state index in [4.69, 9.17) is 17.3 Å². The maximum Gasteiger partial charge on any atom is 0.353 e. The number of β-lactam (4-membered cyclic amide) rings is 1. The maximum absolute atomic E-state index is 12.8. The topological polar surface area (TPSA) is 168 Å². The van der Waals surface area contributed by atoms with Crippen molar-refractivity contribution in [3.63, 3.8) is 0 Å². The van der Waals surface area contributed by atoms with Crippen LogP contribution in [0.3, 0.4) is 0 Å². The van der Waals surface area contributed by atoms with Gasteiger partial charge in [-0.25, -0.2) is 9.78 Å². The van der Waals surface area contributed by atoms with Gasteiger partial charge in [-0.05, 0) is 30.2 Å². The maximum atomic E-state index is 12.8. The minimum atomic E-state index is -1.58. The first-order valence-electron chi connectivity index (χ1n) is 9.23. The molecule has 0 saturated carbocycles. The molecule has 0 radical (unpaired) electrons. The zero-order valence-electron chi connectivity index (χ0n) is 16.1. The Labute approximate surface area is 194 Å². The Kier molecular flexibility index (Phi) is 6.13. The second-order valence-electron chi connectivity index (χ2n) is 6.88. The summed E-state index contributed by atoms with van der Waals surface area (Å²) in [7, 11) is 0. The lowest BCUT2D eigenvalue weighted by atomic mass is 9.86. The largest absolute Gasteiger partial charge is 0.477 e. The third kappa shape index (κ3) is 3.94. The van der Waals surface area contributed by atoms with Crippen molar-refractivity contribution in [2.24, 2.45) is 5.18 Å². The lowest BCUT2D eigenvalue weighted by molar-refractivity contribution is -0.156. The normalized spacial score (nSPS) is 20.9. The van der Waals surface area contributed by atoms with Crippen molar-refractivity contribution in [3.05, 3.63) is 50.1 Å². The number of rotatable bonds is 7. The number of pyridine rings is 1. The van der Waals surface area contributed by atoms with Crippen LogP contribution in [-0.4, -0.2) is 49.8 Å². The molecule has 32 heavy (non-hydrogen) atoms. The Morgan fingerprint density at radius 1 is 1.41 bits per heavy atom. The first kappa shape index (κ1) is 22.2. The van der Waals surface area contributed by atoms with Crippen LogP contribution in [0.25, 0.3) is 0 Å². The van der Waals surface area contributed by atoms with Gasteiger partial charge >= 0.3 is 5.97 Å². The van der Waals surface area contributed by atoms with E-state index >= 15 is 0 Å². The van der Waals surface area contributed by atoms with E-state index in [1.54, 1.807) is 24.5 Å². The molecule has 2 unspecified atom stereocenters. The molecule has 1 fully saturated rings. The molecular formula is C18H15ClN6O5S2. The molecule has 3 atom stereocenters. The number of nitrogens with one attached hydrogen (secondary N) is 1. The van der Waals surface area contributed by atoms with Crippen LogP contribution < -0.4 is 11.1 Å². The molecule has 4 N–H and O–H groups in total.